The molecule has 106 valence electrons. The summed E-state index contributed by atoms with van der Waals surface area (Å²) in [6.45, 7) is 4.25. The second-order valence-electron chi connectivity index (χ2n) is 5.22. The van der Waals surface area contributed by atoms with Crippen molar-refractivity contribution in [2.75, 3.05) is 14.2 Å². The lowest BCUT2D eigenvalue weighted by atomic mass is 9.95. The van der Waals surface area contributed by atoms with Gasteiger partial charge in [0.25, 0.3) is 0 Å². The van der Waals surface area contributed by atoms with Crippen molar-refractivity contribution in [2.24, 2.45) is 0 Å². The standard InChI is InChI=1S/C18H23NO/c1-13-9-10-16(18(11-13)20-4)17(19-3)12-15-8-6-5-7-14(15)2/h5-11,17,19H,12H2,1-4H3. The van der Waals surface area contributed by atoms with Gasteiger partial charge in [-0.2, -0.15) is 0 Å². The maximum absolute atomic E-state index is 5.54. The minimum absolute atomic E-state index is 0.256. The van der Waals surface area contributed by atoms with Gasteiger partial charge in [-0.25, -0.2) is 0 Å². The highest BCUT2D eigenvalue weighted by atomic mass is 16.5. The number of hydrogen-bond acceptors (Lipinski definition) is 2. The van der Waals surface area contributed by atoms with Crippen LogP contribution in [0.4, 0.5) is 0 Å². The molecule has 0 spiro atoms. The van der Waals surface area contributed by atoms with Crippen molar-refractivity contribution < 1.29 is 4.74 Å². The number of aryl methyl sites for hydroxylation is 2. The third-order valence-corrected chi connectivity index (χ3v) is 3.80. The molecular weight excluding hydrogens is 246 g/mol. The molecule has 0 aliphatic rings. The fourth-order valence-electron chi connectivity index (χ4n) is 2.53. The van der Waals surface area contributed by atoms with E-state index in [0.29, 0.717) is 0 Å². The van der Waals surface area contributed by atoms with E-state index < -0.39 is 0 Å². The van der Waals surface area contributed by atoms with Crippen LogP contribution >= 0.6 is 0 Å². The quantitative estimate of drug-likeness (QED) is 0.891. The van der Waals surface area contributed by atoms with Crippen LogP contribution in [-0.4, -0.2) is 14.2 Å². The number of benzene rings is 2. The SMILES string of the molecule is CNC(Cc1ccccc1C)c1ccc(C)cc1OC. The van der Waals surface area contributed by atoms with Crippen molar-refractivity contribution in [1.82, 2.24) is 5.32 Å². The van der Waals surface area contributed by atoms with E-state index in [1.807, 2.05) is 7.05 Å². The Morgan fingerprint density at radius 2 is 1.85 bits per heavy atom. The van der Waals surface area contributed by atoms with E-state index in [2.05, 4.69) is 61.6 Å². The number of ether oxygens (including phenoxy) is 1. The molecule has 20 heavy (non-hydrogen) atoms. The number of nitrogens with one attached hydrogen (secondary N) is 1. The van der Waals surface area contributed by atoms with Crippen LogP contribution in [0.15, 0.2) is 42.5 Å². The summed E-state index contributed by atoms with van der Waals surface area (Å²) in [7, 11) is 3.74. The molecular formula is C18H23NO. The van der Waals surface area contributed by atoms with E-state index >= 15 is 0 Å². The van der Waals surface area contributed by atoms with Gasteiger partial charge in [0.2, 0.25) is 0 Å². The monoisotopic (exact) mass is 269 g/mol. The molecule has 2 rings (SSSR count). The van der Waals surface area contributed by atoms with Gasteiger partial charge in [-0.1, -0.05) is 36.4 Å². The summed E-state index contributed by atoms with van der Waals surface area (Å²) in [6.07, 6.45) is 0.961. The summed E-state index contributed by atoms with van der Waals surface area (Å²) >= 11 is 0. The minimum atomic E-state index is 0.256. The molecule has 2 nitrogen and oxygen atoms in total. The molecule has 0 bridgehead atoms. The Morgan fingerprint density at radius 1 is 1.10 bits per heavy atom. The third kappa shape index (κ3) is 3.20. The second-order valence-corrected chi connectivity index (χ2v) is 5.22. The Hall–Kier alpha value is -1.80. The fourth-order valence-corrected chi connectivity index (χ4v) is 2.53. The highest BCUT2D eigenvalue weighted by Gasteiger charge is 2.15. The normalized spacial score (nSPS) is 12.2. The van der Waals surface area contributed by atoms with Crippen molar-refractivity contribution in [2.45, 2.75) is 26.3 Å². The lowest BCUT2D eigenvalue weighted by Crippen LogP contribution is -2.20. The molecule has 2 heteroatoms. The van der Waals surface area contributed by atoms with Crippen LogP contribution in [0.5, 0.6) is 5.75 Å². The smallest absolute Gasteiger partial charge is 0.123 e. The molecule has 0 saturated carbocycles. The Kier molecular flexibility index (Phi) is 4.80. The van der Waals surface area contributed by atoms with Gasteiger partial charge in [-0.3, -0.25) is 0 Å². The van der Waals surface area contributed by atoms with Crippen molar-refractivity contribution in [3.05, 3.63) is 64.7 Å². The Labute approximate surface area is 121 Å². The summed E-state index contributed by atoms with van der Waals surface area (Å²) in [6, 6.07) is 15.2. The van der Waals surface area contributed by atoms with E-state index in [9.17, 15) is 0 Å². The molecule has 2 aromatic rings. The lowest BCUT2D eigenvalue weighted by molar-refractivity contribution is 0.401. The van der Waals surface area contributed by atoms with Crippen molar-refractivity contribution in [1.29, 1.82) is 0 Å². The summed E-state index contributed by atoms with van der Waals surface area (Å²) in [5.41, 5.74) is 5.13. The first-order chi connectivity index (χ1) is 9.65. The first-order valence-electron chi connectivity index (χ1n) is 7.02. The van der Waals surface area contributed by atoms with Crippen LogP contribution in [-0.2, 0) is 6.42 Å². The van der Waals surface area contributed by atoms with Gasteiger partial charge in [0.1, 0.15) is 5.75 Å². The summed E-state index contributed by atoms with van der Waals surface area (Å²) < 4.78 is 5.54. The second kappa shape index (κ2) is 6.58. The zero-order chi connectivity index (χ0) is 14.5. The molecule has 0 fully saturated rings. The predicted molar refractivity (Wildman–Crippen MR) is 84.4 cm³/mol. The van der Waals surface area contributed by atoms with E-state index in [4.69, 9.17) is 4.74 Å². The number of methoxy groups -OCH3 is 1. The van der Waals surface area contributed by atoms with Crippen LogP contribution in [0.3, 0.4) is 0 Å². The molecule has 2 aromatic carbocycles. The zero-order valence-electron chi connectivity index (χ0n) is 12.7. The number of hydrogen-bond donors (Lipinski definition) is 1. The molecule has 1 N–H and O–H groups in total. The van der Waals surface area contributed by atoms with Crippen molar-refractivity contribution in [3.8, 4) is 5.75 Å². The molecule has 0 saturated heterocycles. The van der Waals surface area contributed by atoms with E-state index in [0.717, 1.165) is 12.2 Å². The predicted octanol–water partition coefficient (Wildman–Crippen LogP) is 3.82. The van der Waals surface area contributed by atoms with Gasteiger partial charge < -0.3 is 10.1 Å². The molecule has 0 radical (unpaired) electrons. The molecule has 0 amide bonds. The molecule has 0 heterocycles. The topological polar surface area (TPSA) is 21.3 Å². The maximum atomic E-state index is 5.54. The minimum Gasteiger partial charge on any atom is -0.496 e. The van der Waals surface area contributed by atoms with Gasteiger partial charge >= 0.3 is 0 Å². The Morgan fingerprint density at radius 3 is 2.50 bits per heavy atom. The molecule has 1 unspecified atom stereocenters. The average molecular weight is 269 g/mol. The summed E-state index contributed by atoms with van der Waals surface area (Å²) in [4.78, 5) is 0. The highest BCUT2D eigenvalue weighted by Crippen LogP contribution is 2.29. The Balaban J connectivity index is 2.31. The molecule has 0 aromatic heterocycles. The largest absolute Gasteiger partial charge is 0.496 e. The highest BCUT2D eigenvalue weighted by molar-refractivity contribution is 5.40. The summed E-state index contributed by atoms with van der Waals surface area (Å²) in [5, 5.41) is 3.41. The van der Waals surface area contributed by atoms with Crippen LogP contribution in [0.25, 0.3) is 0 Å². The number of likely N-dealkylation sites (N-methyl/N-ethyl adjacent to an activating group) is 1. The Bertz CT molecular complexity index is 577. The van der Waals surface area contributed by atoms with Gasteiger partial charge in [0, 0.05) is 11.6 Å². The summed E-state index contributed by atoms with van der Waals surface area (Å²) in [5.74, 6) is 0.956. The first-order valence-corrected chi connectivity index (χ1v) is 7.02. The third-order valence-electron chi connectivity index (χ3n) is 3.80. The molecule has 0 aliphatic heterocycles. The first kappa shape index (κ1) is 14.6. The van der Waals surface area contributed by atoms with Crippen molar-refractivity contribution in [3.63, 3.8) is 0 Å². The van der Waals surface area contributed by atoms with Crippen LogP contribution in [0.1, 0.15) is 28.3 Å². The van der Waals surface area contributed by atoms with Crippen LogP contribution in [0, 0.1) is 13.8 Å². The van der Waals surface area contributed by atoms with Crippen LogP contribution < -0.4 is 10.1 Å². The number of rotatable bonds is 5. The average Bonchev–Trinajstić information content (AvgIpc) is 2.46. The molecule has 0 aliphatic carbocycles. The van der Waals surface area contributed by atoms with Gasteiger partial charge in [0.15, 0.2) is 0 Å². The van der Waals surface area contributed by atoms with Crippen LogP contribution in [0.2, 0.25) is 0 Å². The van der Waals surface area contributed by atoms with E-state index in [-0.39, 0.29) is 6.04 Å². The van der Waals surface area contributed by atoms with Crippen molar-refractivity contribution >= 4 is 0 Å². The van der Waals surface area contributed by atoms with Gasteiger partial charge in [-0.15, -0.1) is 0 Å². The maximum Gasteiger partial charge on any atom is 0.123 e. The van der Waals surface area contributed by atoms with Gasteiger partial charge in [-0.05, 0) is 50.1 Å². The fraction of sp³-hybridized carbons (Fsp3) is 0.333. The van der Waals surface area contributed by atoms with E-state index in [1.165, 1.54) is 22.3 Å². The van der Waals surface area contributed by atoms with E-state index in [1.54, 1.807) is 7.11 Å². The lowest BCUT2D eigenvalue weighted by Gasteiger charge is -2.21. The zero-order valence-corrected chi connectivity index (χ0v) is 12.7. The molecule has 1 atom stereocenters. The van der Waals surface area contributed by atoms with Gasteiger partial charge in [0.05, 0.1) is 7.11 Å².